The molecule has 2 aromatic rings. The first-order valence-electron chi connectivity index (χ1n) is 8.50. The number of rotatable bonds is 7. The molecule has 0 saturated carbocycles. The lowest BCUT2D eigenvalue weighted by Gasteiger charge is -2.25. The van der Waals surface area contributed by atoms with Gasteiger partial charge in [-0.1, -0.05) is 38.1 Å². The summed E-state index contributed by atoms with van der Waals surface area (Å²) in [5.74, 6) is 0.142. The van der Waals surface area contributed by atoms with Gasteiger partial charge in [-0.25, -0.2) is 0 Å². The average molecular weight is 359 g/mol. The lowest BCUT2D eigenvalue weighted by molar-refractivity contribution is -0.117. The van der Waals surface area contributed by atoms with Crippen LogP contribution >= 0.6 is 11.3 Å². The Kier molecular flexibility index (Phi) is 6.37. The zero-order valence-corrected chi connectivity index (χ0v) is 16.2. The molecule has 0 radical (unpaired) electrons. The van der Waals surface area contributed by atoms with Crippen molar-refractivity contribution in [2.45, 2.75) is 33.2 Å². The number of carbonyl (C=O) groups is 2. The van der Waals surface area contributed by atoms with Crippen molar-refractivity contribution in [3.05, 3.63) is 47.4 Å². The SMILES string of the molecule is C=CC(=O)NC(CCN(C)C(=O)c1cc2cc(C)ccc2s1)C(C)C. The Morgan fingerprint density at radius 1 is 1.32 bits per heavy atom. The van der Waals surface area contributed by atoms with Gasteiger partial charge in [-0.15, -0.1) is 11.3 Å². The minimum Gasteiger partial charge on any atom is -0.350 e. The lowest BCUT2D eigenvalue weighted by Crippen LogP contribution is -2.40. The van der Waals surface area contributed by atoms with E-state index in [1.54, 1.807) is 4.90 Å². The largest absolute Gasteiger partial charge is 0.350 e. The van der Waals surface area contributed by atoms with Gasteiger partial charge in [0.1, 0.15) is 0 Å². The maximum Gasteiger partial charge on any atom is 0.263 e. The van der Waals surface area contributed by atoms with E-state index < -0.39 is 0 Å². The molecule has 2 rings (SSSR count). The molecule has 134 valence electrons. The average Bonchev–Trinajstić information content (AvgIpc) is 2.99. The summed E-state index contributed by atoms with van der Waals surface area (Å²) in [5.41, 5.74) is 1.19. The van der Waals surface area contributed by atoms with Crippen LogP contribution in [0.25, 0.3) is 10.1 Å². The molecule has 1 aromatic heterocycles. The second-order valence-corrected chi connectivity index (χ2v) is 7.81. The maximum atomic E-state index is 12.7. The fourth-order valence-corrected chi connectivity index (χ4v) is 3.74. The number of aryl methyl sites for hydroxylation is 1. The molecule has 1 atom stereocenters. The number of carbonyl (C=O) groups excluding carboxylic acids is 2. The highest BCUT2D eigenvalue weighted by molar-refractivity contribution is 7.20. The van der Waals surface area contributed by atoms with Crippen molar-refractivity contribution in [3.8, 4) is 0 Å². The van der Waals surface area contributed by atoms with Crippen molar-refractivity contribution >= 4 is 33.2 Å². The summed E-state index contributed by atoms with van der Waals surface area (Å²) in [6.07, 6.45) is 1.99. The predicted molar refractivity (Wildman–Crippen MR) is 105 cm³/mol. The highest BCUT2D eigenvalue weighted by atomic mass is 32.1. The molecule has 0 aliphatic carbocycles. The molecular weight excluding hydrogens is 332 g/mol. The van der Waals surface area contributed by atoms with Crippen LogP contribution in [0.5, 0.6) is 0 Å². The highest BCUT2D eigenvalue weighted by Crippen LogP contribution is 2.27. The second kappa shape index (κ2) is 8.30. The van der Waals surface area contributed by atoms with Crippen LogP contribution in [0.4, 0.5) is 0 Å². The van der Waals surface area contributed by atoms with Crippen LogP contribution < -0.4 is 5.32 Å². The van der Waals surface area contributed by atoms with Crippen LogP contribution in [0.15, 0.2) is 36.9 Å². The number of nitrogens with zero attached hydrogens (tertiary/aromatic N) is 1. The van der Waals surface area contributed by atoms with Gasteiger partial charge >= 0.3 is 0 Å². The maximum absolute atomic E-state index is 12.7. The second-order valence-electron chi connectivity index (χ2n) is 6.73. The Hall–Kier alpha value is -2.14. The summed E-state index contributed by atoms with van der Waals surface area (Å²) in [6.45, 7) is 10.2. The summed E-state index contributed by atoms with van der Waals surface area (Å²) in [7, 11) is 1.81. The van der Waals surface area contributed by atoms with Gasteiger partial charge in [0, 0.05) is 24.3 Å². The van der Waals surface area contributed by atoms with Crippen LogP contribution in [0.3, 0.4) is 0 Å². The van der Waals surface area contributed by atoms with E-state index >= 15 is 0 Å². The van der Waals surface area contributed by atoms with E-state index in [1.807, 2.05) is 20.0 Å². The van der Waals surface area contributed by atoms with Gasteiger partial charge in [-0.3, -0.25) is 9.59 Å². The molecular formula is C20H26N2O2S. The van der Waals surface area contributed by atoms with Gasteiger partial charge in [0.2, 0.25) is 5.91 Å². The number of nitrogens with one attached hydrogen (secondary N) is 1. The summed E-state index contributed by atoms with van der Waals surface area (Å²) >= 11 is 1.52. The zero-order chi connectivity index (χ0) is 18.6. The number of fused-ring (bicyclic) bond motifs is 1. The molecule has 0 spiro atoms. The van der Waals surface area contributed by atoms with Crippen LogP contribution in [-0.2, 0) is 4.79 Å². The van der Waals surface area contributed by atoms with E-state index in [0.717, 1.165) is 15.0 Å². The van der Waals surface area contributed by atoms with E-state index in [-0.39, 0.29) is 17.9 Å². The Morgan fingerprint density at radius 3 is 2.68 bits per heavy atom. The Bertz CT molecular complexity index is 779. The zero-order valence-electron chi connectivity index (χ0n) is 15.3. The first kappa shape index (κ1) is 19.2. The monoisotopic (exact) mass is 358 g/mol. The molecule has 0 bridgehead atoms. The van der Waals surface area contributed by atoms with Crippen molar-refractivity contribution in [2.24, 2.45) is 5.92 Å². The van der Waals surface area contributed by atoms with E-state index in [0.29, 0.717) is 18.9 Å². The normalized spacial score (nSPS) is 12.2. The van der Waals surface area contributed by atoms with Gasteiger partial charge in [-0.2, -0.15) is 0 Å². The molecule has 0 aliphatic heterocycles. The molecule has 1 N–H and O–H groups in total. The molecule has 0 aliphatic rings. The van der Waals surface area contributed by atoms with E-state index in [9.17, 15) is 9.59 Å². The van der Waals surface area contributed by atoms with E-state index in [2.05, 4.69) is 43.9 Å². The predicted octanol–water partition coefficient (Wildman–Crippen LogP) is 4.00. The Morgan fingerprint density at radius 2 is 2.04 bits per heavy atom. The van der Waals surface area contributed by atoms with Gasteiger partial charge in [0.25, 0.3) is 5.91 Å². The first-order valence-corrected chi connectivity index (χ1v) is 9.32. The van der Waals surface area contributed by atoms with Gasteiger partial charge < -0.3 is 10.2 Å². The van der Waals surface area contributed by atoms with E-state index in [4.69, 9.17) is 0 Å². The third-order valence-corrected chi connectivity index (χ3v) is 5.43. The van der Waals surface area contributed by atoms with Crippen molar-refractivity contribution in [1.29, 1.82) is 0 Å². The fraction of sp³-hybridized carbons (Fsp3) is 0.400. The number of hydrogen-bond acceptors (Lipinski definition) is 3. The van der Waals surface area contributed by atoms with Crippen molar-refractivity contribution in [1.82, 2.24) is 10.2 Å². The van der Waals surface area contributed by atoms with Gasteiger partial charge in [0.05, 0.1) is 4.88 Å². The molecule has 0 saturated heterocycles. The minimum atomic E-state index is -0.174. The topological polar surface area (TPSA) is 49.4 Å². The number of benzene rings is 1. The molecule has 25 heavy (non-hydrogen) atoms. The van der Waals surface area contributed by atoms with Crippen LogP contribution in [0.2, 0.25) is 0 Å². The van der Waals surface area contributed by atoms with Crippen molar-refractivity contribution in [2.75, 3.05) is 13.6 Å². The minimum absolute atomic E-state index is 0.0193. The van der Waals surface area contributed by atoms with Crippen molar-refractivity contribution in [3.63, 3.8) is 0 Å². The van der Waals surface area contributed by atoms with Crippen LogP contribution in [0, 0.1) is 12.8 Å². The smallest absolute Gasteiger partial charge is 0.263 e. The molecule has 5 heteroatoms. The molecule has 0 fully saturated rings. The van der Waals surface area contributed by atoms with Crippen LogP contribution in [0.1, 0.15) is 35.5 Å². The van der Waals surface area contributed by atoms with Gasteiger partial charge in [-0.05, 0) is 42.9 Å². The molecule has 4 nitrogen and oxygen atoms in total. The standard InChI is InChI=1S/C20H26N2O2S/c1-6-19(23)21-16(13(2)3)9-10-22(5)20(24)18-12-15-11-14(4)7-8-17(15)25-18/h6-8,11-13,16H,1,9-10H2,2-5H3,(H,21,23). The number of thiophene rings is 1. The fourth-order valence-electron chi connectivity index (χ4n) is 2.70. The summed E-state index contributed by atoms with van der Waals surface area (Å²) < 4.78 is 1.13. The first-order chi connectivity index (χ1) is 11.8. The number of hydrogen-bond donors (Lipinski definition) is 1. The van der Waals surface area contributed by atoms with Crippen LogP contribution in [-0.4, -0.2) is 36.3 Å². The third kappa shape index (κ3) is 4.92. The highest BCUT2D eigenvalue weighted by Gasteiger charge is 2.19. The summed E-state index contributed by atoms with van der Waals surface area (Å²) in [6, 6.07) is 8.21. The lowest BCUT2D eigenvalue weighted by atomic mass is 10.0. The number of amides is 2. The Balaban J connectivity index is 2.02. The van der Waals surface area contributed by atoms with Gasteiger partial charge in [0.15, 0.2) is 0 Å². The quantitative estimate of drug-likeness (QED) is 0.761. The van der Waals surface area contributed by atoms with E-state index in [1.165, 1.54) is 23.0 Å². The molecule has 1 heterocycles. The Labute approximate surface area is 153 Å². The molecule has 1 unspecified atom stereocenters. The molecule has 2 amide bonds. The summed E-state index contributed by atoms with van der Waals surface area (Å²) in [4.78, 5) is 26.7. The molecule has 1 aromatic carbocycles. The van der Waals surface area contributed by atoms with Crippen molar-refractivity contribution < 1.29 is 9.59 Å². The summed E-state index contributed by atoms with van der Waals surface area (Å²) in [5, 5.41) is 4.05. The third-order valence-electron chi connectivity index (χ3n) is 4.32.